The number of ether oxygens (including phenoxy) is 1. The van der Waals surface area contributed by atoms with Crippen LogP contribution >= 0.6 is 35.6 Å². The Labute approximate surface area is 164 Å². The Bertz CT molecular complexity index is 649. The number of aliphatic imine (C=N–C) groups is 1. The molecule has 130 valence electrons. The number of nitrogens with one attached hydrogen (secondary N) is 2. The number of nitrogens with zero attached hydrogens (tertiary/aromatic N) is 2. The lowest BCUT2D eigenvalue weighted by Gasteiger charge is -2.12. The Hall–Kier alpha value is -1.54. The molecule has 2 rings (SSSR count). The van der Waals surface area contributed by atoms with Crippen molar-refractivity contribution in [2.75, 3.05) is 13.7 Å². The first kappa shape index (κ1) is 20.5. The van der Waals surface area contributed by atoms with Gasteiger partial charge in [0.1, 0.15) is 0 Å². The number of guanidine groups is 1. The Kier molecular flexibility index (Phi) is 9.48. The smallest absolute Gasteiger partial charge is 0.213 e. The van der Waals surface area contributed by atoms with E-state index >= 15 is 0 Å². The summed E-state index contributed by atoms with van der Waals surface area (Å²) < 4.78 is 5.40. The molecule has 1 aromatic carbocycles. The van der Waals surface area contributed by atoms with Crippen LogP contribution in [-0.4, -0.2) is 24.6 Å². The maximum Gasteiger partial charge on any atom is 0.213 e. The molecule has 5 nitrogen and oxygen atoms in total. The zero-order valence-electron chi connectivity index (χ0n) is 13.8. The van der Waals surface area contributed by atoms with Crippen LogP contribution in [0.25, 0.3) is 0 Å². The average molecular weight is 461 g/mol. The molecule has 1 heterocycles. The van der Waals surface area contributed by atoms with Crippen molar-refractivity contribution in [2.45, 2.75) is 20.0 Å². The van der Waals surface area contributed by atoms with Crippen molar-refractivity contribution < 1.29 is 4.74 Å². The molecule has 0 radical (unpaired) electrons. The second kappa shape index (κ2) is 11.1. The molecule has 0 bridgehead atoms. The highest BCUT2D eigenvalue weighted by molar-refractivity contribution is 14.0. The monoisotopic (exact) mass is 460 g/mol. The van der Waals surface area contributed by atoms with Crippen molar-refractivity contribution in [2.24, 2.45) is 4.99 Å². The molecule has 2 aromatic rings. The van der Waals surface area contributed by atoms with Gasteiger partial charge in [-0.1, -0.05) is 23.7 Å². The van der Waals surface area contributed by atoms with E-state index in [0.29, 0.717) is 25.6 Å². The van der Waals surface area contributed by atoms with Crippen molar-refractivity contribution in [3.8, 4) is 5.88 Å². The highest BCUT2D eigenvalue weighted by atomic mass is 127. The number of pyridine rings is 1. The molecule has 0 atom stereocenters. The maximum absolute atomic E-state index is 5.88. The van der Waals surface area contributed by atoms with Gasteiger partial charge < -0.3 is 15.4 Å². The topological polar surface area (TPSA) is 58.5 Å². The number of hydrogen-bond donors (Lipinski definition) is 2. The predicted octanol–water partition coefficient (Wildman–Crippen LogP) is 3.62. The van der Waals surface area contributed by atoms with Gasteiger partial charge in [-0.05, 0) is 36.2 Å². The molecule has 0 aliphatic rings. The van der Waals surface area contributed by atoms with Gasteiger partial charge in [0.15, 0.2) is 5.96 Å². The number of halogens is 2. The summed E-state index contributed by atoms with van der Waals surface area (Å²) in [5.74, 6) is 1.37. The van der Waals surface area contributed by atoms with Crippen molar-refractivity contribution in [1.29, 1.82) is 0 Å². The molecule has 1 aromatic heterocycles. The number of rotatable bonds is 6. The molecule has 0 aliphatic carbocycles. The van der Waals surface area contributed by atoms with Crippen LogP contribution < -0.4 is 15.4 Å². The standard InChI is InChI=1S/C17H21ClN4O.HI/c1-3-23-16-10-14(8-9-20-16)12-22-17(19-2)21-11-13-4-6-15(18)7-5-13;/h4-10H,3,11-12H2,1-2H3,(H2,19,21,22);1H. The molecule has 0 amide bonds. The van der Waals surface area contributed by atoms with E-state index < -0.39 is 0 Å². The summed E-state index contributed by atoms with van der Waals surface area (Å²) in [5, 5.41) is 7.27. The van der Waals surface area contributed by atoms with Crippen LogP contribution in [0.15, 0.2) is 47.6 Å². The molecule has 0 saturated heterocycles. The van der Waals surface area contributed by atoms with Crippen molar-refractivity contribution in [3.05, 3.63) is 58.7 Å². The van der Waals surface area contributed by atoms with Gasteiger partial charge in [-0.3, -0.25) is 4.99 Å². The Balaban J connectivity index is 0.00000288. The molecule has 0 unspecified atom stereocenters. The third-order valence-electron chi connectivity index (χ3n) is 3.15. The summed E-state index contributed by atoms with van der Waals surface area (Å²) in [5.41, 5.74) is 2.22. The lowest BCUT2D eigenvalue weighted by Crippen LogP contribution is -2.36. The van der Waals surface area contributed by atoms with Crippen LogP contribution in [0.1, 0.15) is 18.1 Å². The summed E-state index contributed by atoms with van der Waals surface area (Å²) in [7, 11) is 1.75. The van der Waals surface area contributed by atoms with Crippen LogP contribution in [0.5, 0.6) is 5.88 Å². The first-order valence-electron chi connectivity index (χ1n) is 7.48. The van der Waals surface area contributed by atoms with Crippen molar-refractivity contribution in [3.63, 3.8) is 0 Å². The predicted molar refractivity (Wildman–Crippen MR) is 109 cm³/mol. The fraction of sp³-hybridized carbons (Fsp3) is 0.294. The van der Waals surface area contributed by atoms with Gasteiger partial charge >= 0.3 is 0 Å². The third kappa shape index (κ3) is 6.92. The van der Waals surface area contributed by atoms with E-state index in [2.05, 4.69) is 20.6 Å². The minimum Gasteiger partial charge on any atom is -0.478 e. The van der Waals surface area contributed by atoms with Crippen LogP contribution in [0.3, 0.4) is 0 Å². The quantitative estimate of drug-likeness (QED) is 0.393. The molecular formula is C17H22ClIN4O. The third-order valence-corrected chi connectivity index (χ3v) is 3.40. The van der Waals surface area contributed by atoms with E-state index in [0.717, 1.165) is 22.1 Å². The summed E-state index contributed by atoms with van der Waals surface area (Å²) in [4.78, 5) is 8.37. The van der Waals surface area contributed by atoms with Gasteiger partial charge in [0.2, 0.25) is 5.88 Å². The van der Waals surface area contributed by atoms with Crippen LogP contribution in [0, 0.1) is 0 Å². The van der Waals surface area contributed by atoms with Crippen molar-refractivity contribution >= 4 is 41.5 Å². The van der Waals surface area contributed by atoms with E-state index in [1.165, 1.54) is 0 Å². The Morgan fingerprint density at radius 2 is 1.79 bits per heavy atom. The molecule has 0 spiro atoms. The maximum atomic E-state index is 5.88. The summed E-state index contributed by atoms with van der Waals surface area (Å²) in [6.45, 7) is 3.86. The highest BCUT2D eigenvalue weighted by Crippen LogP contribution is 2.10. The lowest BCUT2D eigenvalue weighted by molar-refractivity contribution is 0.326. The van der Waals surface area contributed by atoms with Crippen LogP contribution in [0.2, 0.25) is 5.02 Å². The van der Waals surface area contributed by atoms with Gasteiger partial charge in [0.25, 0.3) is 0 Å². The van der Waals surface area contributed by atoms with Crippen LogP contribution in [0.4, 0.5) is 0 Å². The van der Waals surface area contributed by atoms with E-state index in [1.807, 2.05) is 43.3 Å². The molecular weight excluding hydrogens is 439 g/mol. The Morgan fingerprint density at radius 1 is 1.12 bits per heavy atom. The molecule has 0 saturated carbocycles. The van der Waals surface area contributed by atoms with Gasteiger partial charge in [-0.25, -0.2) is 4.98 Å². The number of hydrogen-bond acceptors (Lipinski definition) is 3. The summed E-state index contributed by atoms with van der Waals surface area (Å²) in [6, 6.07) is 11.6. The first-order chi connectivity index (χ1) is 11.2. The van der Waals surface area contributed by atoms with Gasteiger partial charge in [-0.2, -0.15) is 0 Å². The molecule has 24 heavy (non-hydrogen) atoms. The fourth-order valence-corrected chi connectivity index (χ4v) is 2.11. The number of benzene rings is 1. The molecule has 0 aliphatic heterocycles. The normalized spacial score (nSPS) is 10.7. The number of aromatic nitrogens is 1. The largest absolute Gasteiger partial charge is 0.478 e. The zero-order chi connectivity index (χ0) is 16.5. The Morgan fingerprint density at radius 3 is 2.42 bits per heavy atom. The second-order valence-electron chi connectivity index (χ2n) is 4.84. The van der Waals surface area contributed by atoms with Crippen LogP contribution in [-0.2, 0) is 13.1 Å². The van der Waals surface area contributed by atoms with E-state index in [9.17, 15) is 0 Å². The summed E-state index contributed by atoms with van der Waals surface area (Å²) in [6.07, 6.45) is 1.74. The van der Waals surface area contributed by atoms with E-state index in [1.54, 1.807) is 13.2 Å². The second-order valence-corrected chi connectivity index (χ2v) is 5.28. The molecule has 2 N–H and O–H groups in total. The minimum absolute atomic E-state index is 0. The van der Waals surface area contributed by atoms with E-state index in [-0.39, 0.29) is 24.0 Å². The van der Waals surface area contributed by atoms with Gasteiger partial charge in [0, 0.05) is 37.4 Å². The average Bonchev–Trinajstić information content (AvgIpc) is 2.57. The van der Waals surface area contributed by atoms with Gasteiger partial charge in [0.05, 0.1) is 6.61 Å². The summed E-state index contributed by atoms with van der Waals surface area (Å²) >= 11 is 5.88. The van der Waals surface area contributed by atoms with E-state index in [4.69, 9.17) is 16.3 Å². The minimum atomic E-state index is 0. The highest BCUT2D eigenvalue weighted by Gasteiger charge is 2.01. The SMILES string of the molecule is CCOc1cc(CNC(=NC)NCc2ccc(Cl)cc2)ccn1.I. The molecule has 0 fully saturated rings. The van der Waals surface area contributed by atoms with Crippen molar-refractivity contribution in [1.82, 2.24) is 15.6 Å². The lowest BCUT2D eigenvalue weighted by atomic mass is 10.2. The first-order valence-corrected chi connectivity index (χ1v) is 7.85. The fourth-order valence-electron chi connectivity index (χ4n) is 1.98. The molecule has 7 heteroatoms. The zero-order valence-corrected chi connectivity index (χ0v) is 16.8. The van der Waals surface area contributed by atoms with Gasteiger partial charge in [-0.15, -0.1) is 24.0 Å².